The topological polar surface area (TPSA) is 81.2 Å². The molecule has 1 fully saturated rings. The van der Waals surface area contributed by atoms with Crippen molar-refractivity contribution >= 4 is 0 Å². The first-order chi connectivity index (χ1) is 11.1. The number of hydrogen-bond donors (Lipinski definition) is 1. The second-order valence-corrected chi connectivity index (χ2v) is 6.37. The fourth-order valence-corrected chi connectivity index (χ4v) is 3.17. The molecule has 0 radical (unpaired) electrons. The van der Waals surface area contributed by atoms with Gasteiger partial charge in [-0.1, -0.05) is 37.3 Å². The molecule has 0 spiro atoms. The second kappa shape index (κ2) is 7.08. The van der Waals surface area contributed by atoms with E-state index in [2.05, 4.69) is 10.1 Å². The average Bonchev–Trinajstić information content (AvgIpc) is 2.99. The van der Waals surface area contributed by atoms with Gasteiger partial charge < -0.3 is 14.2 Å². The first-order valence-corrected chi connectivity index (χ1v) is 8.34. The highest BCUT2D eigenvalue weighted by atomic mass is 16.5. The Morgan fingerprint density at radius 2 is 1.96 bits per heavy atom. The Morgan fingerprint density at radius 1 is 1.26 bits per heavy atom. The zero-order valence-electron chi connectivity index (χ0n) is 13.4. The van der Waals surface area contributed by atoms with Gasteiger partial charge in [-0.2, -0.15) is 4.98 Å². The van der Waals surface area contributed by atoms with Crippen LogP contribution in [-0.2, 0) is 7.05 Å². The summed E-state index contributed by atoms with van der Waals surface area (Å²) in [6, 6.07) is 3.23. The fourth-order valence-electron chi connectivity index (χ4n) is 3.17. The lowest BCUT2D eigenvalue weighted by Gasteiger charge is -2.22. The molecule has 23 heavy (non-hydrogen) atoms. The van der Waals surface area contributed by atoms with E-state index >= 15 is 0 Å². The summed E-state index contributed by atoms with van der Waals surface area (Å²) in [5.41, 5.74) is 0.474. The van der Waals surface area contributed by atoms with E-state index in [-0.39, 0.29) is 17.4 Å². The van der Waals surface area contributed by atoms with Crippen LogP contribution in [0.5, 0.6) is 0 Å². The molecule has 0 saturated heterocycles. The number of aromatic nitrogens is 3. The van der Waals surface area contributed by atoms with Crippen LogP contribution in [0.2, 0.25) is 0 Å². The SMILES string of the molecule is Cn1ccc(-c2noc(C(O)C3CCCCCCC3)n2)cc1=O. The van der Waals surface area contributed by atoms with Crippen molar-refractivity contribution in [3.05, 3.63) is 34.6 Å². The molecule has 1 N–H and O–H groups in total. The molecule has 1 saturated carbocycles. The van der Waals surface area contributed by atoms with Crippen LogP contribution in [0, 0.1) is 5.92 Å². The predicted molar refractivity (Wildman–Crippen MR) is 85.7 cm³/mol. The van der Waals surface area contributed by atoms with Crippen LogP contribution in [0.3, 0.4) is 0 Å². The van der Waals surface area contributed by atoms with Crippen molar-refractivity contribution < 1.29 is 9.63 Å². The third kappa shape index (κ3) is 3.69. The highest BCUT2D eigenvalue weighted by molar-refractivity contribution is 5.52. The van der Waals surface area contributed by atoms with Crippen molar-refractivity contribution in [2.24, 2.45) is 13.0 Å². The van der Waals surface area contributed by atoms with E-state index in [0.717, 1.165) is 25.7 Å². The lowest BCUT2D eigenvalue weighted by atomic mass is 9.87. The van der Waals surface area contributed by atoms with Gasteiger partial charge in [-0.05, 0) is 24.8 Å². The first-order valence-electron chi connectivity index (χ1n) is 8.34. The zero-order chi connectivity index (χ0) is 16.2. The smallest absolute Gasteiger partial charge is 0.256 e. The monoisotopic (exact) mass is 317 g/mol. The van der Waals surface area contributed by atoms with Gasteiger partial charge in [0.2, 0.25) is 5.82 Å². The van der Waals surface area contributed by atoms with Crippen LogP contribution in [0.25, 0.3) is 11.4 Å². The molecular formula is C17H23N3O3. The molecule has 2 aromatic rings. The minimum absolute atomic E-state index is 0.130. The summed E-state index contributed by atoms with van der Waals surface area (Å²) < 4.78 is 6.74. The third-order valence-electron chi connectivity index (χ3n) is 4.65. The van der Waals surface area contributed by atoms with Gasteiger partial charge in [-0.25, -0.2) is 0 Å². The number of aryl methyl sites for hydroxylation is 1. The minimum atomic E-state index is -0.721. The van der Waals surface area contributed by atoms with Crippen LogP contribution in [0.4, 0.5) is 0 Å². The van der Waals surface area contributed by atoms with Gasteiger partial charge >= 0.3 is 0 Å². The summed E-state index contributed by atoms with van der Waals surface area (Å²) >= 11 is 0. The van der Waals surface area contributed by atoms with Crippen molar-refractivity contribution in [3.8, 4) is 11.4 Å². The van der Waals surface area contributed by atoms with Gasteiger partial charge in [-0.15, -0.1) is 0 Å². The van der Waals surface area contributed by atoms with Crippen molar-refractivity contribution in [2.45, 2.75) is 51.0 Å². The summed E-state index contributed by atoms with van der Waals surface area (Å²) in [5, 5.41) is 14.5. The van der Waals surface area contributed by atoms with Crippen molar-refractivity contribution in [3.63, 3.8) is 0 Å². The summed E-state index contributed by atoms with van der Waals surface area (Å²) in [6.45, 7) is 0. The molecule has 2 aromatic heterocycles. The molecular weight excluding hydrogens is 294 g/mol. The molecule has 1 aliphatic carbocycles. The lowest BCUT2D eigenvalue weighted by molar-refractivity contribution is 0.0605. The molecule has 2 heterocycles. The van der Waals surface area contributed by atoms with Gasteiger partial charge in [0.15, 0.2) is 0 Å². The molecule has 3 rings (SSSR count). The predicted octanol–water partition coefficient (Wildman–Crippen LogP) is 2.83. The average molecular weight is 317 g/mol. The van der Waals surface area contributed by atoms with Crippen LogP contribution in [-0.4, -0.2) is 19.8 Å². The maximum Gasteiger partial charge on any atom is 0.256 e. The van der Waals surface area contributed by atoms with E-state index in [0.29, 0.717) is 11.4 Å². The number of aliphatic hydroxyl groups excluding tert-OH is 1. The van der Waals surface area contributed by atoms with E-state index in [9.17, 15) is 9.90 Å². The maximum atomic E-state index is 11.7. The standard InChI is InChI=1S/C17H23N3O3/c1-20-10-9-13(11-14(20)21)16-18-17(23-19-16)15(22)12-7-5-3-2-4-6-8-12/h9-12,15,22H,2-8H2,1H3. The Morgan fingerprint density at radius 3 is 2.65 bits per heavy atom. The highest BCUT2D eigenvalue weighted by Crippen LogP contribution is 2.32. The summed E-state index contributed by atoms with van der Waals surface area (Å²) in [6.07, 6.45) is 8.94. The van der Waals surface area contributed by atoms with Crippen LogP contribution >= 0.6 is 0 Å². The molecule has 124 valence electrons. The molecule has 0 bridgehead atoms. The normalized spacial score (nSPS) is 18.3. The van der Waals surface area contributed by atoms with E-state index in [1.807, 2.05) is 0 Å². The molecule has 1 atom stereocenters. The van der Waals surface area contributed by atoms with Crippen molar-refractivity contribution in [1.29, 1.82) is 0 Å². The van der Waals surface area contributed by atoms with Gasteiger partial charge in [0, 0.05) is 24.9 Å². The number of pyridine rings is 1. The molecule has 0 aromatic carbocycles. The second-order valence-electron chi connectivity index (χ2n) is 6.37. The van der Waals surface area contributed by atoms with Crippen LogP contribution < -0.4 is 5.56 Å². The molecule has 1 unspecified atom stereocenters. The Labute approximate surface area is 135 Å². The maximum absolute atomic E-state index is 11.7. The molecule has 6 nitrogen and oxygen atoms in total. The highest BCUT2D eigenvalue weighted by Gasteiger charge is 2.26. The van der Waals surface area contributed by atoms with Gasteiger partial charge in [0.1, 0.15) is 6.10 Å². The molecule has 0 amide bonds. The van der Waals surface area contributed by atoms with Gasteiger partial charge in [-0.3, -0.25) is 4.79 Å². The molecule has 0 aliphatic heterocycles. The van der Waals surface area contributed by atoms with E-state index in [1.54, 1.807) is 19.3 Å². The quantitative estimate of drug-likeness (QED) is 0.941. The van der Waals surface area contributed by atoms with Gasteiger partial charge in [0.05, 0.1) is 0 Å². The largest absolute Gasteiger partial charge is 0.383 e. The van der Waals surface area contributed by atoms with Crippen molar-refractivity contribution in [1.82, 2.24) is 14.7 Å². The number of aliphatic hydroxyl groups is 1. The lowest BCUT2D eigenvalue weighted by Crippen LogP contribution is -2.15. The Balaban J connectivity index is 1.77. The van der Waals surface area contributed by atoms with Gasteiger partial charge in [0.25, 0.3) is 11.4 Å². The van der Waals surface area contributed by atoms with E-state index in [4.69, 9.17) is 4.52 Å². The van der Waals surface area contributed by atoms with Crippen molar-refractivity contribution in [2.75, 3.05) is 0 Å². The number of hydrogen-bond acceptors (Lipinski definition) is 5. The zero-order valence-corrected chi connectivity index (χ0v) is 13.4. The summed E-state index contributed by atoms with van der Waals surface area (Å²) in [5.74, 6) is 0.779. The Hall–Kier alpha value is -1.95. The molecule has 1 aliphatic rings. The Kier molecular flexibility index (Phi) is 4.91. The molecule has 6 heteroatoms. The fraction of sp³-hybridized carbons (Fsp3) is 0.588. The minimum Gasteiger partial charge on any atom is -0.383 e. The summed E-state index contributed by atoms with van der Waals surface area (Å²) in [4.78, 5) is 16.0. The van der Waals surface area contributed by atoms with Crippen LogP contribution in [0.15, 0.2) is 27.6 Å². The van der Waals surface area contributed by atoms with Crippen LogP contribution in [0.1, 0.15) is 56.9 Å². The first kappa shape index (κ1) is 15.9. The number of nitrogens with zero attached hydrogens (tertiary/aromatic N) is 3. The third-order valence-corrected chi connectivity index (χ3v) is 4.65. The Bertz CT molecular complexity index is 699. The number of rotatable bonds is 3. The van der Waals surface area contributed by atoms with E-state index in [1.165, 1.54) is 29.9 Å². The summed E-state index contributed by atoms with van der Waals surface area (Å²) in [7, 11) is 1.69. The van der Waals surface area contributed by atoms with E-state index < -0.39 is 6.10 Å².